The standard InChI is InChI=1S/C20H18Br4O3.CH2O/c1-20(2,10-3-13(21)18(14(22)4-10)17-9-26-17)11-5-15(23)19(16(24)6-11)27-8-12-7-25-12;1-2/h3-6,12,17H,7-9H2,1-2H3;1H2. The zero-order valence-corrected chi connectivity index (χ0v) is 22.3. The highest BCUT2D eigenvalue weighted by molar-refractivity contribution is 9.11. The van der Waals surface area contributed by atoms with Gasteiger partial charge in [0.05, 0.1) is 22.2 Å². The zero-order chi connectivity index (χ0) is 21.3. The van der Waals surface area contributed by atoms with Gasteiger partial charge in [-0.3, -0.25) is 0 Å². The number of epoxide rings is 2. The number of hydrogen-bond acceptors (Lipinski definition) is 4. The van der Waals surface area contributed by atoms with Crippen molar-refractivity contribution in [3.05, 3.63) is 58.8 Å². The fourth-order valence-corrected chi connectivity index (χ4v) is 6.15. The second kappa shape index (κ2) is 9.49. The van der Waals surface area contributed by atoms with E-state index >= 15 is 0 Å². The molecule has 0 radical (unpaired) electrons. The van der Waals surface area contributed by atoms with Gasteiger partial charge in [0.1, 0.15) is 31.4 Å². The SMILES string of the molecule is C=O.CC(C)(c1cc(Br)c(OCC2CO2)c(Br)c1)c1cc(Br)c(C2CO2)c(Br)c1. The van der Waals surface area contributed by atoms with Crippen LogP contribution in [0.15, 0.2) is 42.2 Å². The predicted octanol–water partition coefficient (Wildman–Crippen LogP) is 6.73. The molecule has 2 unspecified atom stereocenters. The van der Waals surface area contributed by atoms with Gasteiger partial charge in [0.25, 0.3) is 0 Å². The number of halogens is 4. The normalized spacial score (nSPS) is 19.9. The Morgan fingerprint density at radius 2 is 1.38 bits per heavy atom. The fourth-order valence-electron chi connectivity index (χ4n) is 3.03. The summed E-state index contributed by atoms with van der Waals surface area (Å²) in [4.78, 5) is 8.00. The Balaban J connectivity index is 0.00000117. The van der Waals surface area contributed by atoms with Crippen LogP contribution in [0.3, 0.4) is 0 Å². The van der Waals surface area contributed by atoms with E-state index < -0.39 is 0 Å². The average Bonchev–Trinajstić information content (AvgIpc) is 3.56. The van der Waals surface area contributed by atoms with Crippen LogP contribution in [-0.4, -0.2) is 32.7 Å². The van der Waals surface area contributed by atoms with Gasteiger partial charge in [0, 0.05) is 19.9 Å². The summed E-state index contributed by atoms with van der Waals surface area (Å²) in [6.45, 7) is 8.59. The van der Waals surface area contributed by atoms with E-state index in [9.17, 15) is 0 Å². The molecule has 156 valence electrons. The summed E-state index contributed by atoms with van der Waals surface area (Å²) in [5.41, 5.74) is 3.38. The highest BCUT2D eigenvalue weighted by Gasteiger charge is 2.32. The van der Waals surface area contributed by atoms with Gasteiger partial charge in [0.15, 0.2) is 0 Å². The summed E-state index contributed by atoms with van der Waals surface area (Å²) in [5, 5.41) is 0. The molecule has 0 amide bonds. The van der Waals surface area contributed by atoms with Crippen LogP contribution in [0.1, 0.15) is 36.6 Å². The Morgan fingerprint density at radius 1 is 0.931 bits per heavy atom. The molecule has 2 aromatic rings. The summed E-state index contributed by atoms with van der Waals surface area (Å²) in [7, 11) is 0. The van der Waals surface area contributed by atoms with Crippen LogP contribution in [0.4, 0.5) is 0 Å². The molecule has 4 nitrogen and oxygen atoms in total. The lowest BCUT2D eigenvalue weighted by Gasteiger charge is -2.28. The van der Waals surface area contributed by atoms with Crippen molar-refractivity contribution in [2.75, 3.05) is 19.8 Å². The van der Waals surface area contributed by atoms with Crippen LogP contribution in [0.2, 0.25) is 0 Å². The lowest BCUT2D eigenvalue weighted by atomic mass is 9.78. The number of carbonyl (C=O) groups is 1. The number of ether oxygens (including phenoxy) is 3. The van der Waals surface area contributed by atoms with Crippen LogP contribution in [0.5, 0.6) is 5.75 Å². The second-order valence-electron chi connectivity index (χ2n) is 7.34. The van der Waals surface area contributed by atoms with Gasteiger partial charge in [-0.2, -0.15) is 0 Å². The molecular formula is C21H20Br4O4. The third kappa shape index (κ3) is 5.33. The molecule has 2 aromatic carbocycles. The van der Waals surface area contributed by atoms with Crippen molar-refractivity contribution < 1.29 is 19.0 Å². The van der Waals surface area contributed by atoms with Crippen LogP contribution in [0, 0.1) is 0 Å². The highest BCUT2D eigenvalue weighted by atomic mass is 79.9. The first kappa shape index (κ1) is 23.4. The molecule has 0 saturated carbocycles. The van der Waals surface area contributed by atoms with Gasteiger partial charge in [-0.05, 0) is 67.3 Å². The minimum Gasteiger partial charge on any atom is -0.488 e. The molecule has 2 fully saturated rings. The van der Waals surface area contributed by atoms with Gasteiger partial charge < -0.3 is 19.0 Å². The van der Waals surface area contributed by atoms with Crippen molar-refractivity contribution in [2.24, 2.45) is 0 Å². The number of rotatable bonds is 6. The van der Waals surface area contributed by atoms with Crippen LogP contribution in [0.25, 0.3) is 0 Å². The molecule has 8 heteroatoms. The minimum atomic E-state index is -0.197. The molecule has 4 rings (SSSR count). The summed E-state index contributed by atoms with van der Waals surface area (Å²) >= 11 is 14.8. The Morgan fingerprint density at radius 3 is 1.79 bits per heavy atom. The van der Waals surface area contributed by atoms with E-state index in [4.69, 9.17) is 19.0 Å². The molecule has 2 aliphatic rings. The van der Waals surface area contributed by atoms with Crippen LogP contribution in [-0.2, 0) is 19.7 Å². The summed E-state index contributed by atoms with van der Waals surface area (Å²) in [6.07, 6.45) is 0.421. The van der Waals surface area contributed by atoms with E-state index in [2.05, 4.69) is 102 Å². The first-order valence-electron chi connectivity index (χ1n) is 8.91. The van der Waals surface area contributed by atoms with E-state index in [0.717, 1.165) is 36.9 Å². The Hall–Kier alpha value is -0.250. The average molecular weight is 656 g/mol. The summed E-state index contributed by atoms with van der Waals surface area (Å²) < 4.78 is 20.6. The molecule has 29 heavy (non-hydrogen) atoms. The molecule has 2 heterocycles. The first-order valence-corrected chi connectivity index (χ1v) is 12.1. The lowest BCUT2D eigenvalue weighted by molar-refractivity contribution is -0.0979. The van der Waals surface area contributed by atoms with E-state index in [-0.39, 0.29) is 17.6 Å². The zero-order valence-electron chi connectivity index (χ0n) is 15.9. The van der Waals surface area contributed by atoms with Crippen LogP contribution >= 0.6 is 63.7 Å². The third-order valence-corrected chi connectivity index (χ3v) is 7.48. The molecule has 2 atom stereocenters. The van der Waals surface area contributed by atoms with E-state index in [0.29, 0.717) is 6.61 Å². The smallest absolute Gasteiger partial charge is 0.147 e. The van der Waals surface area contributed by atoms with Crippen molar-refractivity contribution in [3.8, 4) is 5.75 Å². The Labute approximate surface area is 204 Å². The van der Waals surface area contributed by atoms with Crippen molar-refractivity contribution >= 4 is 70.5 Å². The second-order valence-corrected chi connectivity index (χ2v) is 10.8. The number of carbonyl (C=O) groups excluding carboxylic acids is 1. The predicted molar refractivity (Wildman–Crippen MR) is 127 cm³/mol. The largest absolute Gasteiger partial charge is 0.488 e. The van der Waals surface area contributed by atoms with E-state index in [1.807, 2.05) is 6.79 Å². The van der Waals surface area contributed by atoms with Gasteiger partial charge in [0.2, 0.25) is 0 Å². The van der Waals surface area contributed by atoms with Crippen molar-refractivity contribution in [1.82, 2.24) is 0 Å². The molecular weight excluding hydrogens is 636 g/mol. The monoisotopic (exact) mass is 652 g/mol. The topological polar surface area (TPSA) is 51.4 Å². The Kier molecular flexibility index (Phi) is 7.66. The van der Waals surface area contributed by atoms with Crippen molar-refractivity contribution in [1.29, 1.82) is 0 Å². The molecule has 0 bridgehead atoms. The van der Waals surface area contributed by atoms with Crippen LogP contribution < -0.4 is 4.74 Å². The van der Waals surface area contributed by atoms with E-state index in [1.165, 1.54) is 16.7 Å². The molecule has 2 aliphatic heterocycles. The van der Waals surface area contributed by atoms with Gasteiger partial charge in [-0.1, -0.05) is 45.7 Å². The number of hydrogen-bond donors (Lipinski definition) is 0. The maximum Gasteiger partial charge on any atom is 0.147 e. The quantitative estimate of drug-likeness (QED) is 0.324. The first-order chi connectivity index (χ1) is 13.8. The maximum absolute atomic E-state index is 8.00. The van der Waals surface area contributed by atoms with Gasteiger partial charge in [-0.15, -0.1) is 0 Å². The molecule has 0 aliphatic carbocycles. The summed E-state index contributed by atoms with van der Waals surface area (Å²) in [6, 6.07) is 8.65. The number of benzene rings is 2. The van der Waals surface area contributed by atoms with Gasteiger partial charge in [-0.25, -0.2) is 0 Å². The minimum absolute atomic E-state index is 0.195. The van der Waals surface area contributed by atoms with E-state index in [1.54, 1.807) is 0 Å². The molecule has 0 aromatic heterocycles. The third-order valence-electron chi connectivity index (χ3n) is 4.99. The fraction of sp³-hybridized carbons (Fsp3) is 0.381. The van der Waals surface area contributed by atoms with Gasteiger partial charge >= 0.3 is 0 Å². The summed E-state index contributed by atoms with van der Waals surface area (Å²) in [5.74, 6) is 0.814. The molecule has 0 spiro atoms. The lowest BCUT2D eigenvalue weighted by Crippen LogP contribution is -2.19. The Bertz CT molecular complexity index is 862. The molecule has 0 N–H and O–H groups in total. The van der Waals surface area contributed by atoms with Crippen molar-refractivity contribution in [2.45, 2.75) is 31.5 Å². The van der Waals surface area contributed by atoms with Crippen molar-refractivity contribution in [3.63, 3.8) is 0 Å². The maximum atomic E-state index is 8.00. The highest BCUT2D eigenvalue weighted by Crippen LogP contribution is 2.45. The molecule has 2 saturated heterocycles.